The quantitative estimate of drug-likeness (QED) is 0.608. The van der Waals surface area contributed by atoms with Crippen LogP contribution in [0.15, 0.2) is 18.2 Å². The predicted molar refractivity (Wildman–Crippen MR) is 104 cm³/mol. The van der Waals surface area contributed by atoms with Gasteiger partial charge in [0, 0.05) is 25.2 Å². The Balaban J connectivity index is 1.95. The smallest absolute Gasteiger partial charge is 0.260 e. The minimum Gasteiger partial charge on any atom is -0.490 e. The summed E-state index contributed by atoms with van der Waals surface area (Å²) in [5, 5.41) is 5.92. The Morgan fingerprint density at radius 3 is 2.56 bits per heavy atom. The van der Waals surface area contributed by atoms with E-state index in [0.29, 0.717) is 30.2 Å². The third-order valence-corrected chi connectivity index (χ3v) is 4.45. The number of amides is 2. The second-order valence-corrected chi connectivity index (χ2v) is 6.54. The number of hydrogen-bond donors (Lipinski definition) is 2. The lowest BCUT2D eigenvalue weighted by Crippen LogP contribution is -2.38. The molecule has 1 saturated heterocycles. The van der Waals surface area contributed by atoms with Crippen molar-refractivity contribution in [1.29, 1.82) is 0 Å². The Hall–Kier alpha value is -2.28. The van der Waals surface area contributed by atoms with Crippen molar-refractivity contribution in [3.05, 3.63) is 23.8 Å². The molecule has 1 fully saturated rings. The molecule has 1 aromatic carbocycles. The van der Waals surface area contributed by atoms with Crippen molar-refractivity contribution >= 4 is 11.8 Å². The Labute approximate surface area is 161 Å². The summed E-state index contributed by atoms with van der Waals surface area (Å²) in [4.78, 5) is 26.4. The van der Waals surface area contributed by atoms with Gasteiger partial charge in [-0.15, -0.1) is 0 Å². The standard InChI is InChI=1S/C20H31N3O4/c1-3-26-18-14-16(20(25)22-11-7-10-21-2)8-9-17(18)27-15-19(24)23-12-5-4-6-13-23/h8-9,14,21H,3-7,10-13,15H2,1-2H3,(H,22,25). The maximum Gasteiger partial charge on any atom is 0.260 e. The molecule has 1 aliphatic rings. The summed E-state index contributed by atoms with van der Waals surface area (Å²) in [6.07, 6.45) is 4.14. The van der Waals surface area contributed by atoms with Gasteiger partial charge >= 0.3 is 0 Å². The normalized spacial score (nSPS) is 13.9. The zero-order valence-electron chi connectivity index (χ0n) is 16.4. The van der Waals surface area contributed by atoms with Crippen LogP contribution in [-0.2, 0) is 4.79 Å². The number of carbonyl (C=O) groups excluding carboxylic acids is 2. The highest BCUT2D eigenvalue weighted by Gasteiger charge is 2.18. The van der Waals surface area contributed by atoms with Gasteiger partial charge in [0.05, 0.1) is 6.61 Å². The highest BCUT2D eigenvalue weighted by atomic mass is 16.5. The summed E-state index contributed by atoms with van der Waals surface area (Å²) < 4.78 is 11.3. The van der Waals surface area contributed by atoms with E-state index in [1.54, 1.807) is 18.2 Å². The van der Waals surface area contributed by atoms with E-state index in [-0.39, 0.29) is 18.4 Å². The van der Waals surface area contributed by atoms with E-state index in [1.807, 2.05) is 18.9 Å². The van der Waals surface area contributed by atoms with Crippen molar-refractivity contribution in [3.8, 4) is 11.5 Å². The van der Waals surface area contributed by atoms with Gasteiger partial charge in [-0.1, -0.05) is 0 Å². The van der Waals surface area contributed by atoms with Gasteiger partial charge in [-0.05, 0) is 64.4 Å². The summed E-state index contributed by atoms with van der Waals surface area (Å²) in [5.41, 5.74) is 0.512. The summed E-state index contributed by atoms with van der Waals surface area (Å²) in [6, 6.07) is 5.05. The second-order valence-electron chi connectivity index (χ2n) is 6.54. The third-order valence-electron chi connectivity index (χ3n) is 4.45. The molecule has 7 heteroatoms. The minimum absolute atomic E-state index is 0.0106. The highest BCUT2D eigenvalue weighted by molar-refractivity contribution is 5.94. The van der Waals surface area contributed by atoms with Crippen LogP contribution in [0.4, 0.5) is 0 Å². The molecule has 27 heavy (non-hydrogen) atoms. The molecule has 2 amide bonds. The summed E-state index contributed by atoms with van der Waals surface area (Å²) >= 11 is 0. The van der Waals surface area contributed by atoms with E-state index in [1.165, 1.54) is 6.42 Å². The van der Waals surface area contributed by atoms with Crippen molar-refractivity contribution in [2.24, 2.45) is 0 Å². The van der Waals surface area contributed by atoms with Crippen LogP contribution in [0.3, 0.4) is 0 Å². The lowest BCUT2D eigenvalue weighted by molar-refractivity contribution is -0.134. The van der Waals surface area contributed by atoms with Crippen LogP contribution in [0.25, 0.3) is 0 Å². The molecule has 0 bridgehead atoms. The number of nitrogens with zero attached hydrogens (tertiary/aromatic N) is 1. The van der Waals surface area contributed by atoms with Crippen molar-refractivity contribution in [2.75, 3.05) is 46.4 Å². The third kappa shape index (κ3) is 6.75. The lowest BCUT2D eigenvalue weighted by atomic mass is 10.1. The molecule has 1 aliphatic heterocycles. The molecule has 2 N–H and O–H groups in total. The SMILES string of the molecule is CCOc1cc(C(=O)NCCCNC)ccc1OCC(=O)N1CCCCC1. The van der Waals surface area contributed by atoms with E-state index in [9.17, 15) is 9.59 Å². The van der Waals surface area contributed by atoms with Crippen molar-refractivity contribution in [2.45, 2.75) is 32.6 Å². The maximum absolute atomic E-state index is 12.3. The molecule has 0 aromatic heterocycles. The Kier molecular flexibility index (Phi) is 8.91. The van der Waals surface area contributed by atoms with E-state index in [4.69, 9.17) is 9.47 Å². The molecule has 0 unspecified atom stereocenters. The predicted octanol–water partition coefficient (Wildman–Crippen LogP) is 1.82. The Morgan fingerprint density at radius 2 is 1.85 bits per heavy atom. The fourth-order valence-electron chi connectivity index (χ4n) is 2.98. The van der Waals surface area contributed by atoms with Crippen LogP contribution < -0.4 is 20.1 Å². The van der Waals surface area contributed by atoms with Crippen LogP contribution >= 0.6 is 0 Å². The summed E-state index contributed by atoms with van der Waals surface area (Å²) in [7, 11) is 1.88. The van der Waals surface area contributed by atoms with E-state index in [0.717, 1.165) is 38.9 Å². The average Bonchev–Trinajstić information content (AvgIpc) is 2.70. The summed E-state index contributed by atoms with van der Waals surface area (Å²) in [5.74, 6) is 0.798. The second kappa shape index (κ2) is 11.4. The molecule has 1 aromatic rings. The molecule has 7 nitrogen and oxygen atoms in total. The maximum atomic E-state index is 12.3. The van der Waals surface area contributed by atoms with E-state index < -0.39 is 0 Å². The van der Waals surface area contributed by atoms with Gasteiger partial charge in [-0.3, -0.25) is 9.59 Å². The molecule has 0 saturated carbocycles. The van der Waals surface area contributed by atoms with E-state index >= 15 is 0 Å². The summed E-state index contributed by atoms with van der Waals surface area (Å²) in [6.45, 7) is 5.35. The highest BCUT2D eigenvalue weighted by Crippen LogP contribution is 2.28. The lowest BCUT2D eigenvalue weighted by Gasteiger charge is -2.26. The number of nitrogens with one attached hydrogen (secondary N) is 2. The molecule has 0 atom stereocenters. The largest absolute Gasteiger partial charge is 0.490 e. The molecule has 0 radical (unpaired) electrons. The van der Waals surface area contributed by atoms with Crippen LogP contribution in [0.5, 0.6) is 11.5 Å². The van der Waals surface area contributed by atoms with E-state index in [2.05, 4.69) is 10.6 Å². The van der Waals surface area contributed by atoms with Gasteiger partial charge in [0.25, 0.3) is 11.8 Å². The van der Waals surface area contributed by atoms with Gasteiger partial charge in [0.15, 0.2) is 18.1 Å². The van der Waals surface area contributed by atoms with Gasteiger partial charge < -0.3 is 25.0 Å². The van der Waals surface area contributed by atoms with Crippen LogP contribution in [0.1, 0.15) is 43.0 Å². The molecular weight excluding hydrogens is 346 g/mol. The average molecular weight is 377 g/mol. The van der Waals surface area contributed by atoms with Crippen molar-refractivity contribution in [3.63, 3.8) is 0 Å². The first kappa shape index (κ1) is 21.0. The molecule has 1 heterocycles. The first-order valence-corrected chi connectivity index (χ1v) is 9.76. The van der Waals surface area contributed by atoms with Crippen molar-refractivity contribution < 1.29 is 19.1 Å². The fourth-order valence-corrected chi connectivity index (χ4v) is 2.98. The molecule has 0 spiro atoms. The zero-order chi connectivity index (χ0) is 19.5. The monoisotopic (exact) mass is 377 g/mol. The first-order chi connectivity index (χ1) is 13.2. The van der Waals surface area contributed by atoms with Gasteiger partial charge in [-0.2, -0.15) is 0 Å². The topological polar surface area (TPSA) is 79.9 Å². The molecule has 2 rings (SSSR count). The Morgan fingerprint density at radius 1 is 1.07 bits per heavy atom. The Bertz CT molecular complexity index is 615. The zero-order valence-corrected chi connectivity index (χ0v) is 16.4. The molecular formula is C20H31N3O4. The van der Waals surface area contributed by atoms with Gasteiger partial charge in [-0.25, -0.2) is 0 Å². The van der Waals surface area contributed by atoms with Crippen molar-refractivity contribution in [1.82, 2.24) is 15.5 Å². The number of benzene rings is 1. The van der Waals surface area contributed by atoms with Crippen LogP contribution in [0, 0.1) is 0 Å². The van der Waals surface area contributed by atoms with Crippen LogP contribution in [-0.4, -0.2) is 63.2 Å². The fraction of sp³-hybridized carbons (Fsp3) is 0.600. The molecule has 150 valence electrons. The number of carbonyl (C=O) groups is 2. The molecule has 0 aliphatic carbocycles. The van der Waals surface area contributed by atoms with Gasteiger partial charge in [0.2, 0.25) is 0 Å². The minimum atomic E-state index is -0.150. The number of likely N-dealkylation sites (tertiary alicyclic amines) is 1. The number of rotatable bonds is 10. The number of ether oxygens (including phenoxy) is 2. The number of hydrogen-bond acceptors (Lipinski definition) is 5. The van der Waals surface area contributed by atoms with Crippen LogP contribution in [0.2, 0.25) is 0 Å². The first-order valence-electron chi connectivity index (χ1n) is 9.76. The number of piperidine rings is 1. The van der Waals surface area contributed by atoms with Gasteiger partial charge in [0.1, 0.15) is 0 Å².